The quantitative estimate of drug-likeness (QED) is 0.140. The molecule has 0 aliphatic heterocycles. The zero-order chi connectivity index (χ0) is 36.8. The number of aromatic nitrogens is 4. The Morgan fingerprint density at radius 2 is 1.48 bits per heavy atom. The van der Waals surface area contributed by atoms with E-state index in [0.717, 1.165) is 19.4 Å². The number of nitrogens with zero attached hydrogens (tertiary/aromatic N) is 3. The number of hydrogen-bond donors (Lipinski definition) is 3. The number of hydrogen-bond acceptors (Lipinski definition) is 3. The average Bonchev–Trinajstić information content (AvgIpc) is 3.53. The number of unbranched alkanes of at least 4 members (excludes halogenated alkanes) is 2. The molecular formula is C24H38F12N4O4Sb2. The number of allylic oxidation sites excluding steroid dienone is 2. The van der Waals surface area contributed by atoms with Crippen LogP contribution < -0.4 is 4.57 Å². The van der Waals surface area contributed by atoms with Crippen LogP contribution in [0.3, 0.4) is 0 Å². The van der Waals surface area contributed by atoms with Crippen molar-refractivity contribution >= 4 is 50.9 Å². The van der Waals surface area contributed by atoms with Crippen LogP contribution in [0.15, 0.2) is 61.2 Å². The van der Waals surface area contributed by atoms with E-state index in [1.807, 2.05) is 14.0 Å². The van der Waals surface area contributed by atoms with Crippen LogP contribution in [0.1, 0.15) is 54.3 Å². The van der Waals surface area contributed by atoms with Gasteiger partial charge in [0.2, 0.25) is 6.33 Å². The molecule has 0 bridgehead atoms. The summed E-state index contributed by atoms with van der Waals surface area (Å²) in [6.07, 6.45) is 20.9. The Kier molecular flexibility index (Phi) is 15.6. The van der Waals surface area contributed by atoms with Gasteiger partial charge in [0.1, 0.15) is 12.4 Å². The summed E-state index contributed by atoms with van der Waals surface area (Å²) in [6.45, 7) is 6.95. The second-order valence-corrected chi connectivity index (χ2v) is 20.9. The minimum Gasteiger partial charge on any atom is -0.351 e. The van der Waals surface area contributed by atoms with Gasteiger partial charge in [0.25, 0.3) is 0 Å². The van der Waals surface area contributed by atoms with Gasteiger partial charge >= 0.3 is 86.1 Å². The number of rotatable bonds is 8. The number of aliphatic carboxylic acids is 2. The number of carboxylic acid groups (broad SMARTS) is 2. The predicted octanol–water partition coefficient (Wildman–Crippen LogP) is 8.38. The zero-order valence-electron chi connectivity index (χ0n) is 26.0. The molecule has 22 heteroatoms. The van der Waals surface area contributed by atoms with Gasteiger partial charge in [0.15, 0.2) is 0 Å². The number of halogens is 12. The first-order valence-corrected chi connectivity index (χ1v) is 24.7. The van der Waals surface area contributed by atoms with Crippen LogP contribution >= 0.6 is 0 Å². The number of nitrogens with one attached hydrogen (secondary N) is 1. The Hall–Kier alpha value is -2.36. The third-order valence-electron chi connectivity index (χ3n) is 5.37. The molecule has 0 aromatic carbocycles. The number of carboxylic acids is 2. The number of H-pyrrole nitrogens is 1. The van der Waals surface area contributed by atoms with E-state index in [2.05, 4.69) is 44.7 Å². The van der Waals surface area contributed by atoms with Gasteiger partial charge in [-0.3, -0.25) is 4.79 Å². The number of carbonyl (C=O) groups is 2. The van der Waals surface area contributed by atoms with Gasteiger partial charge in [-0.1, -0.05) is 51.3 Å². The van der Waals surface area contributed by atoms with Gasteiger partial charge in [-0.2, -0.15) is 0 Å². The summed E-state index contributed by atoms with van der Waals surface area (Å²) in [5, 5.41) is 18.4. The van der Waals surface area contributed by atoms with Crippen molar-refractivity contribution in [3.05, 3.63) is 61.2 Å². The van der Waals surface area contributed by atoms with Crippen molar-refractivity contribution in [2.75, 3.05) is 0 Å². The Morgan fingerprint density at radius 1 is 0.978 bits per heavy atom. The maximum atomic E-state index is 11.3. The van der Waals surface area contributed by atoms with Gasteiger partial charge in [-0.05, 0) is 19.8 Å². The number of aromatic amines is 1. The smallest absolute Gasteiger partial charge is 0.351 e. The summed E-state index contributed by atoms with van der Waals surface area (Å²) >= 11 is -22.5. The van der Waals surface area contributed by atoms with E-state index in [1.165, 1.54) is 25.0 Å². The molecule has 2 unspecified atom stereocenters. The van der Waals surface area contributed by atoms with Crippen molar-refractivity contribution in [1.29, 1.82) is 0 Å². The molecule has 3 N–H and O–H groups in total. The largest absolute Gasteiger partial charge is 1.00 e. The van der Waals surface area contributed by atoms with Gasteiger partial charge in [0.05, 0.1) is 25.3 Å². The molecule has 46 heavy (non-hydrogen) atoms. The summed E-state index contributed by atoms with van der Waals surface area (Å²) in [5.74, 6) is -2.45. The maximum absolute atomic E-state index is 11.3. The van der Waals surface area contributed by atoms with E-state index in [9.17, 15) is 48.5 Å². The monoisotopic (exact) mass is 916 g/mol. The molecule has 2 heterocycles. The second kappa shape index (κ2) is 15.7. The summed E-state index contributed by atoms with van der Waals surface area (Å²) in [4.78, 5) is 28.9. The molecular weight excluding hydrogens is 880 g/mol. The minimum atomic E-state index is -11.2. The fraction of sp³-hybridized carbons (Fsp3) is 0.500. The van der Waals surface area contributed by atoms with E-state index in [0.29, 0.717) is 6.42 Å². The van der Waals surface area contributed by atoms with E-state index < -0.39 is 62.2 Å². The van der Waals surface area contributed by atoms with Crippen LogP contribution in [0.4, 0.5) is 33.8 Å². The van der Waals surface area contributed by atoms with E-state index in [4.69, 9.17) is 5.11 Å². The van der Waals surface area contributed by atoms with Crippen LogP contribution in [-0.4, -0.2) is 75.6 Å². The zero-order valence-corrected chi connectivity index (χ0v) is 30.1. The second-order valence-electron chi connectivity index (χ2n) is 9.92. The SMILES string of the molecule is CCCCC1C(C(=O)O)=CC=CC1(C)C(=O)O.CCCCn1cc[n+](C)c1.[F][Sb-]([F])([F])([F])([F])[F].[F][Sb-]([F])([F])([F])([F])[F].[H+].c1c[nH]cn1. The van der Waals surface area contributed by atoms with Gasteiger partial charge < -0.3 is 15.2 Å². The van der Waals surface area contributed by atoms with Crippen LogP contribution in [0.5, 0.6) is 0 Å². The van der Waals surface area contributed by atoms with Crippen molar-refractivity contribution in [2.45, 2.75) is 59.4 Å². The Balaban J connectivity index is -0.000000553. The standard InChI is InChI=1S/C13H18O4.C8H15N2.C3H4N2.12FH.2Sb/c1-3-4-7-10-9(11(14)15)6-5-8-13(10,2)12(16)17;1-3-4-5-10-7-6-9(2)8-10;1-2-5-3-4-1;;;;;;;;;;;;;;/h5-6,8,10H,3-4,7H2,1-2H3,(H,14,15)(H,16,17);6-8H,3-5H2,1-2H3;1-3H,(H,4,5);12*1H;;/q;+1;;;;;;;;;;;;;;2*+5/p-11. The van der Waals surface area contributed by atoms with Crippen molar-refractivity contribution in [2.24, 2.45) is 18.4 Å². The molecule has 1 aliphatic rings. The Labute approximate surface area is 263 Å². The van der Waals surface area contributed by atoms with Gasteiger partial charge in [-0.15, -0.1) is 0 Å². The van der Waals surface area contributed by atoms with Crippen LogP contribution in [0, 0.1) is 11.3 Å². The Morgan fingerprint density at radius 3 is 1.78 bits per heavy atom. The first kappa shape index (κ1) is 45.8. The topological polar surface area (TPSA) is 112 Å². The van der Waals surface area contributed by atoms with Crippen molar-refractivity contribution in [3.63, 3.8) is 0 Å². The normalized spacial score (nSPS) is 20.3. The average molecular weight is 918 g/mol. The summed E-state index contributed by atoms with van der Waals surface area (Å²) in [7, 11) is 2.04. The molecule has 0 spiro atoms. The molecule has 8 nitrogen and oxygen atoms in total. The van der Waals surface area contributed by atoms with Crippen molar-refractivity contribution in [1.82, 2.24) is 14.5 Å². The number of aryl methyl sites for hydroxylation is 2. The fourth-order valence-electron chi connectivity index (χ4n) is 3.40. The van der Waals surface area contributed by atoms with E-state index in [1.54, 1.807) is 31.7 Å². The van der Waals surface area contributed by atoms with Gasteiger partial charge in [0, 0.05) is 23.9 Å². The van der Waals surface area contributed by atoms with Gasteiger partial charge in [-0.25, -0.2) is 18.9 Å². The van der Waals surface area contributed by atoms with Crippen molar-refractivity contribution in [3.8, 4) is 0 Å². The minimum absolute atomic E-state index is 0. The fourth-order valence-corrected chi connectivity index (χ4v) is 3.40. The molecule has 2 atom stereocenters. The molecule has 0 amide bonds. The predicted molar refractivity (Wildman–Crippen MR) is 149 cm³/mol. The molecule has 0 fully saturated rings. The van der Waals surface area contributed by atoms with E-state index >= 15 is 0 Å². The van der Waals surface area contributed by atoms with E-state index in [-0.39, 0.29) is 7.00 Å². The first-order valence-electron chi connectivity index (χ1n) is 13.1. The summed E-state index contributed by atoms with van der Waals surface area (Å²) < 4.78 is 123. The molecule has 2 aromatic heterocycles. The third-order valence-corrected chi connectivity index (χ3v) is 5.37. The van der Waals surface area contributed by atoms with Crippen LogP contribution in [-0.2, 0) is 23.2 Å². The number of imidazole rings is 2. The molecule has 0 saturated carbocycles. The molecule has 0 radical (unpaired) electrons. The van der Waals surface area contributed by atoms with Crippen molar-refractivity contribution < 1.29 is 59.6 Å². The summed E-state index contributed by atoms with van der Waals surface area (Å²) in [6, 6.07) is 0. The molecule has 2 aromatic rings. The molecule has 272 valence electrons. The maximum Gasteiger partial charge on any atom is 1.00 e. The molecule has 3 rings (SSSR count). The van der Waals surface area contributed by atoms with Crippen LogP contribution in [0.2, 0.25) is 0 Å². The first-order chi connectivity index (χ1) is 20.2. The molecule has 0 saturated heterocycles. The Bertz CT molecular complexity index is 1240. The third kappa shape index (κ3) is 31.6. The summed E-state index contributed by atoms with van der Waals surface area (Å²) in [5.41, 5.74) is -0.914. The molecule has 1 aliphatic carbocycles. The van der Waals surface area contributed by atoms with Crippen LogP contribution in [0.25, 0.3) is 0 Å².